The maximum Gasteiger partial charge on any atom is 0.408 e. The van der Waals surface area contributed by atoms with Crippen LogP contribution in [0.15, 0.2) is 16.5 Å². The van der Waals surface area contributed by atoms with Crippen LogP contribution in [0.2, 0.25) is 0 Å². The Hall–Kier alpha value is -2.48. The summed E-state index contributed by atoms with van der Waals surface area (Å²) in [5, 5.41) is 2.71. The molecule has 2 rings (SSSR count). The molecule has 0 spiro atoms. The van der Waals surface area contributed by atoms with Gasteiger partial charge in [-0.05, 0) is 53.7 Å². The number of aromatic nitrogens is 2. The van der Waals surface area contributed by atoms with Crippen LogP contribution in [0.3, 0.4) is 0 Å². The number of carbonyl (C=O) groups excluding carboxylic acids is 1. The van der Waals surface area contributed by atoms with E-state index in [1.54, 1.807) is 34.6 Å². The summed E-state index contributed by atoms with van der Waals surface area (Å²) >= 11 is 5.11. The van der Waals surface area contributed by atoms with Gasteiger partial charge in [0.15, 0.2) is 0 Å². The van der Waals surface area contributed by atoms with Crippen molar-refractivity contribution in [2.24, 2.45) is 5.73 Å². The highest BCUT2D eigenvalue weighted by Crippen LogP contribution is 2.27. The van der Waals surface area contributed by atoms with Crippen molar-refractivity contribution in [3.05, 3.63) is 35.0 Å². The second kappa shape index (κ2) is 7.41. The average molecular weight is 376 g/mol. The van der Waals surface area contributed by atoms with Crippen LogP contribution in [0.5, 0.6) is 0 Å². The number of hydrogen-bond acceptors (Lipinski definition) is 6. The van der Waals surface area contributed by atoms with Gasteiger partial charge >= 0.3 is 6.09 Å². The number of oxazole rings is 1. The Balaban J connectivity index is 2.31. The van der Waals surface area contributed by atoms with E-state index in [0.717, 1.165) is 5.69 Å². The second-order valence-electron chi connectivity index (χ2n) is 7.04. The minimum atomic E-state index is -0.585. The molecule has 8 heteroatoms. The molecule has 0 bridgehead atoms. The number of ether oxygens (including phenoxy) is 1. The fourth-order valence-corrected chi connectivity index (χ4v) is 2.47. The molecule has 0 aliphatic heterocycles. The van der Waals surface area contributed by atoms with Crippen LogP contribution in [0.1, 0.15) is 56.6 Å². The van der Waals surface area contributed by atoms with Crippen molar-refractivity contribution in [2.75, 3.05) is 0 Å². The number of rotatable bonds is 4. The summed E-state index contributed by atoms with van der Waals surface area (Å²) in [7, 11) is 0. The van der Waals surface area contributed by atoms with Gasteiger partial charge in [0.2, 0.25) is 5.89 Å². The Morgan fingerprint density at radius 3 is 2.50 bits per heavy atom. The number of alkyl carbamates (subject to hydrolysis) is 1. The number of nitrogens with zero attached hydrogens (tertiary/aromatic N) is 2. The number of amides is 1. The fraction of sp³-hybridized carbons (Fsp3) is 0.444. The Kier molecular flexibility index (Phi) is 5.65. The van der Waals surface area contributed by atoms with Gasteiger partial charge in [0.05, 0.1) is 0 Å². The van der Waals surface area contributed by atoms with Gasteiger partial charge in [0, 0.05) is 11.3 Å². The molecular formula is C18H24N4O3S. The van der Waals surface area contributed by atoms with E-state index in [1.165, 1.54) is 0 Å². The van der Waals surface area contributed by atoms with E-state index in [9.17, 15) is 4.79 Å². The molecule has 2 aromatic rings. The predicted molar refractivity (Wildman–Crippen MR) is 103 cm³/mol. The van der Waals surface area contributed by atoms with Crippen molar-refractivity contribution in [1.29, 1.82) is 0 Å². The molecule has 2 aromatic heterocycles. The summed E-state index contributed by atoms with van der Waals surface area (Å²) in [6.45, 7) is 10.8. The zero-order chi connectivity index (χ0) is 19.6. The van der Waals surface area contributed by atoms with Crippen LogP contribution in [-0.2, 0) is 4.74 Å². The molecule has 0 radical (unpaired) electrons. The normalized spacial score (nSPS) is 12.5. The first-order chi connectivity index (χ1) is 12.0. The second-order valence-corrected chi connectivity index (χ2v) is 7.48. The zero-order valence-corrected chi connectivity index (χ0v) is 16.7. The van der Waals surface area contributed by atoms with E-state index in [-0.39, 0.29) is 4.99 Å². The highest BCUT2D eigenvalue weighted by Gasteiger charge is 2.23. The predicted octanol–water partition coefficient (Wildman–Crippen LogP) is 3.57. The van der Waals surface area contributed by atoms with Crippen LogP contribution >= 0.6 is 12.2 Å². The van der Waals surface area contributed by atoms with Crippen LogP contribution in [0, 0.1) is 13.8 Å². The largest absolute Gasteiger partial charge is 0.444 e. The van der Waals surface area contributed by atoms with Gasteiger partial charge < -0.3 is 20.2 Å². The maximum absolute atomic E-state index is 11.9. The van der Waals surface area contributed by atoms with E-state index < -0.39 is 17.7 Å². The molecule has 2 heterocycles. The van der Waals surface area contributed by atoms with Gasteiger partial charge in [0.1, 0.15) is 33.8 Å². The summed E-state index contributed by atoms with van der Waals surface area (Å²) in [5.74, 6) is 0.911. The van der Waals surface area contributed by atoms with Crippen molar-refractivity contribution in [3.8, 4) is 11.4 Å². The van der Waals surface area contributed by atoms with Gasteiger partial charge in [-0.2, -0.15) is 0 Å². The molecule has 0 aliphatic carbocycles. The SMILES string of the molecule is Cc1ccc(C(N)=S)c(-c2nc([C@H](C)NC(=O)OC(C)(C)C)oc2C)n1. The van der Waals surface area contributed by atoms with Gasteiger partial charge in [-0.25, -0.2) is 9.78 Å². The van der Waals surface area contributed by atoms with Gasteiger partial charge in [0.25, 0.3) is 0 Å². The molecular weight excluding hydrogens is 352 g/mol. The topological polar surface area (TPSA) is 103 Å². The molecule has 0 aromatic carbocycles. The Morgan fingerprint density at radius 1 is 1.27 bits per heavy atom. The average Bonchev–Trinajstić information content (AvgIpc) is 2.86. The Morgan fingerprint density at radius 2 is 1.92 bits per heavy atom. The Bertz CT molecular complexity index is 839. The molecule has 0 saturated carbocycles. The van der Waals surface area contributed by atoms with Gasteiger partial charge in [-0.15, -0.1) is 0 Å². The minimum absolute atomic E-state index is 0.233. The third-order valence-corrected chi connectivity index (χ3v) is 3.66. The van der Waals surface area contributed by atoms with Crippen molar-refractivity contribution in [1.82, 2.24) is 15.3 Å². The third-order valence-electron chi connectivity index (χ3n) is 3.44. The van der Waals surface area contributed by atoms with Crippen LogP contribution in [0.25, 0.3) is 11.4 Å². The van der Waals surface area contributed by atoms with Crippen LogP contribution in [0.4, 0.5) is 4.79 Å². The molecule has 0 unspecified atom stereocenters. The van der Waals surface area contributed by atoms with E-state index in [1.807, 2.05) is 19.1 Å². The van der Waals surface area contributed by atoms with Crippen molar-refractivity contribution < 1.29 is 13.9 Å². The molecule has 3 N–H and O–H groups in total. The molecule has 7 nitrogen and oxygen atoms in total. The number of hydrogen-bond donors (Lipinski definition) is 2. The smallest absolute Gasteiger partial charge is 0.408 e. The maximum atomic E-state index is 11.9. The molecule has 26 heavy (non-hydrogen) atoms. The number of carbonyl (C=O) groups is 1. The summed E-state index contributed by atoms with van der Waals surface area (Å²) in [4.78, 5) is 21.2. The van der Waals surface area contributed by atoms with Crippen LogP contribution in [-0.4, -0.2) is 26.7 Å². The highest BCUT2D eigenvalue weighted by molar-refractivity contribution is 7.80. The first-order valence-corrected chi connectivity index (χ1v) is 8.63. The summed E-state index contributed by atoms with van der Waals surface area (Å²) < 4.78 is 11.0. The number of thiocarbonyl (C=S) groups is 1. The zero-order valence-electron chi connectivity index (χ0n) is 15.8. The standard InChI is InChI=1S/C18H24N4O3S/c1-9-7-8-12(15(19)26)14(20-9)13-11(3)24-16(22-13)10(2)21-17(23)25-18(4,5)6/h7-8,10H,1-6H3,(H2,19,26)(H,21,23)/t10-/m0/s1. The Labute approximate surface area is 158 Å². The van der Waals surface area contributed by atoms with Crippen molar-refractivity contribution in [2.45, 2.75) is 53.2 Å². The molecule has 0 aliphatic rings. The summed E-state index contributed by atoms with van der Waals surface area (Å²) in [5.41, 5.74) is 7.76. The molecule has 0 saturated heterocycles. The van der Waals surface area contributed by atoms with E-state index in [2.05, 4.69) is 15.3 Å². The lowest BCUT2D eigenvalue weighted by Gasteiger charge is -2.21. The third kappa shape index (κ3) is 4.78. The summed E-state index contributed by atoms with van der Waals surface area (Å²) in [6.07, 6.45) is -0.542. The minimum Gasteiger partial charge on any atom is -0.444 e. The number of pyridine rings is 1. The van der Waals surface area contributed by atoms with E-state index >= 15 is 0 Å². The first kappa shape index (κ1) is 19.8. The number of aryl methyl sites for hydroxylation is 2. The van der Waals surface area contributed by atoms with Crippen LogP contribution < -0.4 is 11.1 Å². The van der Waals surface area contributed by atoms with E-state index in [0.29, 0.717) is 28.6 Å². The highest BCUT2D eigenvalue weighted by atomic mass is 32.1. The van der Waals surface area contributed by atoms with Crippen molar-refractivity contribution >= 4 is 23.3 Å². The van der Waals surface area contributed by atoms with Crippen molar-refractivity contribution in [3.63, 3.8) is 0 Å². The summed E-state index contributed by atoms with van der Waals surface area (Å²) in [6, 6.07) is 3.17. The lowest BCUT2D eigenvalue weighted by atomic mass is 10.1. The van der Waals surface area contributed by atoms with Gasteiger partial charge in [-0.1, -0.05) is 12.2 Å². The molecule has 1 amide bonds. The first-order valence-electron chi connectivity index (χ1n) is 8.22. The quantitative estimate of drug-likeness (QED) is 0.786. The fourth-order valence-electron chi connectivity index (χ4n) is 2.30. The lowest BCUT2D eigenvalue weighted by molar-refractivity contribution is 0.0500. The number of nitrogens with two attached hydrogens (primary N) is 1. The monoisotopic (exact) mass is 376 g/mol. The molecule has 1 atom stereocenters. The number of nitrogens with one attached hydrogen (secondary N) is 1. The molecule has 0 fully saturated rings. The lowest BCUT2D eigenvalue weighted by Crippen LogP contribution is -2.34. The van der Waals surface area contributed by atoms with E-state index in [4.69, 9.17) is 27.1 Å². The molecule has 140 valence electrons. The van der Waals surface area contributed by atoms with Gasteiger partial charge in [-0.3, -0.25) is 4.98 Å².